The number of carbonyl (C=O) groups is 1. The topological polar surface area (TPSA) is 57.7 Å². The fourth-order valence-corrected chi connectivity index (χ4v) is 4.73. The smallest absolute Gasteiger partial charge is 0.241 e. The maximum atomic E-state index is 12.8. The minimum atomic E-state index is -3.31. The van der Waals surface area contributed by atoms with Crippen molar-refractivity contribution in [2.24, 2.45) is 0 Å². The van der Waals surface area contributed by atoms with E-state index in [9.17, 15) is 13.2 Å². The largest absolute Gasteiger partial charge is 0.341 e. The van der Waals surface area contributed by atoms with Gasteiger partial charge in [0.25, 0.3) is 0 Å². The monoisotopic (exact) mass is 316 g/mol. The molecule has 1 saturated heterocycles. The third-order valence-electron chi connectivity index (χ3n) is 4.88. The summed E-state index contributed by atoms with van der Waals surface area (Å²) < 4.78 is 25.2. The molecule has 0 spiro atoms. The molecule has 0 bridgehead atoms. The van der Waals surface area contributed by atoms with E-state index in [4.69, 9.17) is 0 Å². The Morgan fingerprint density at radius 2 is 1.57 bits per heavy atom. The summed E-state index contributed by atoms with van der Waals surface area (Å²) in [5.41, 5.74) is 0. The van der Waals surface area contributed by atoms with Crippen LogP contribution < -0.4 is 0 Å². The minimum Gasteiger partial charge on any atom is -0.341 e. The highest BCUT2D eigenvalue weighted by atomic mass is 32.2. The van der Waals surface area contributed by atoms with E-state index in [1.807, 2.05) is 11.9 Å². The molecule has 0 aromatic carbocycles. The van der Waals surface area contributed by atoms with Gasteiger partial charge >= 0.3 is 0 Å². The van der Waals surface area contributed by atoms with Crippen molar-refractivity contribution < 1.29 is 13.2 Å². The molecule has 0 aromatic rings. The summed E-state index contributed by atoms with van der Waals surface area (Å²) in [6.45, 7) is 0.480. The van der Waals surface area contributed by atoms with E-state index < -0.39 is 16.1 Å². The Labute approximate surface area is 128 Å². The lowest BCUT2D eigenvalue weighted by Crippen LogP contribution is -2.53. The number of hydrogen-bond acceptors (Lipinski definition) is 3. The molecular weight excluding hydrogens is 288 g/mol. The van der Waals surface area contributed by atoms with Crippen LogP contribution in [0.2, 0.25) is 0 Å². The molecule has 1 atom stereocenters. The van der Waals surface area contributed by atoms with Crippen LogP contribution in [0.5, 0.6) is 0 Å². The lowest BCUT2D eigenvalue weighted by atomic mass is 10.0. The zero-order valence-electron chi connectivity index (χ0n) is 13.3. The second-order valence-electron chi connectivity index (χ2n) is 6.48. The molecule has 1 saturated carbocycles. The highest BCUT2D eigenvalue weighted by molar-refractivity contribution is 7.88. The molecule has 122 valence electrons. The van der Waals surface area contributed by atoms with Crippen LogP contribution in [-0.4, -0.2) is 55.5 Å². The number of rotatable bonds is 3. The van der Waals surface area contributed by atoms with Crippen LogP contribution >= 0.6 is 0 Å². The van der Waals surface area contributed by atoms with Gasteiger partial charge in [-0.2, -0.15) is 4.31 Å². The maximum absolute atomic E-state index is 12.8. The fraction of sp³-hybridized carbons (Fsp3) is 0.933. The van der Waals surface area contributed by atoms with Crippen LogP contribution in [0.4, 0.5) is 0 Å². The lowest BCUT2D eigenvalue weighted by Gasteiger charge is -2.37. The van der Waals surface area contributed by atoms with Crippen LogP contribution in [0, 0.1) is 0 Å². The van der Waals surface area contributed by atoms with Gasteiger partial charge < -0.3 is 4.90 Å². The SMILES string of the molecule is CN(C(=O)[C@@H]1CCCCN1S(C)(=O)=O)C1CCCCCC1. The molecule has 1 heterocycles. The lowest BCUT2D eigenvalue weighted by molar-refractivity contribution is -0.137. The van der Waals surface area contributed by atoms with E-state index in [-0.39, 0.29) is 11.9 Å². The zero-order chi connectivity index (χ0) is 15.5. The molecule has 0 radical (unpaired) electrons. The van der Waals surface area contributed by atoms with Gasteiger partial charge in [0.05, 0.1) is 6.26 Å². The van der Waals surface area contributed by atoms with E-state index >= 15 is 0 Å². The highest BCUT2D eigenvalue weighted by Gasteiger charge is 2.37. The summed E-state index contributed by atoms with van der Waals surface area (Å²) in [6, 6.07) is -0.203. The molecule has 2 fully saturated rings. The Kier molecular flexibility index (Phi) is 5.66. The number of amides is 1. The van der Waals surface area contributed by atoms with Crippen molar-refractivity contribution in [1.29, 1.82) is 0 Å². The number of likely N-dealkylation sites (N-methyl/N-ethyl adjacent to an activating group) is 1. The molecule has 21 heavy (non-hydrogen) atoms. The van der Waals surface area contributed by atoms with Gasteiger partial charge in [0.15, 0.2) is 0 Å². The average Bonchev–Trinajstić information content (AvgIpc) is 2.74. The second-order valence-corrected chi connectivity index (χ2v) is 8.41. The maximum Gasteiger partial charge on any atom is 0.241 e. The number of piperidine rings is 1. The number of hydrogen-bond donors (Lipinski definition) is 0. The Morgan fingerprint density at radius 3 is 2.14 bits per heavy atom. The van der Waals surface area contributed by atoms with E-state index in [1.54, 1.807) is 0 Å². The van der Waals surface area contributed by atoms with Gasteiger partial charge in [-0.25, -0.2) is 8.42 Å². The first-order valence-electron chi connectivity index (χ1n) is 8.15. The minimum absolute atomic E-state index is 0.00738. The summed E-state index contributed by atoms with van der Waals surface area (Å²) in [7, 11) is -1.45. The number of sulfonamides is 1. The average molecular weight is 316 g/mol. The van der Waals surface area contributed by atoms with Gasteiger partial charge in [0.2, 0.25) is 15.9 Å². The first kappa shape index (κ1) is 16.7. The summed E-state index contributed by atoms with van der Waals surface area (Å²) in [5, 5.41) is 0. The molecule has 2 rings (SSSR count). The Hall–Kier alpha value is -0.620. The second kappa shape index (κ2) is 7.09. The number of nitrogens with zero attached hydrogens (tertiary/aromatic N) is 2. The molecular formula is C15H28N2O3S. The van der Waals surface area contributed by atoms with Gasteiger partial charge in [-0.05, 0) is 25.7 Å². The van der Waals surface area contributed by atoms with Gasteiger partial charge in [-0.3, -0.25) is 4.79 Å². The van der Waals surface area contributed by atoms with Crippen molar-refractivity contribution in [1.82, 2.24) is 9.21 Å². The predicted molar refractivity (Wildman–Crippen MR) is 83.4 cm³/mol. The van der Waals surface area contributed by atoms with Crippen molar-refractivity contribution in [3.05, 3.63) is 0 Å². The van der Waals surface area contributed by atoms with Gasteiger partial charge in [-0.1, -0.05) is 32.1 Å². The molecule has 0 N–H and O–H groups in total. The van der Waals surface area contributed by atoms with Gasteiger partial charge in [-0.15, -0.1) is 0 Å². The summed E-state index contributed by atoms with van der Waals surface area (Å²) in [4.78, 5) is 14.6. The van der Waals surface area contributed by atoms with E-state index in [1.165, 1.54) is 36.2 Å². The van der Waals surface area contributed by atoms with Gasteiger partial charge in [0.1, 0.15) is 6.04 Å². The number of carbonyl (C=O) groups excluding carboxylic acids is 1. The third kappa shape index (κ3) is 4.19. The summed E-state index contributed by atoms with van der Waals surface area (Å²) in [5.74, 6) is -0.00738. The quantitative estimate of drug-likeness (QED) is 0.748. The molecule has 0 unspecified atom stereocenters. The highest BCUT2D eigenvalue weighted by Crippen LogP contribution is 2.25. The Morgan fingerprint density at radius 1 is 1.00 bits per heavy atom. The van der Waals surface area contributed by atoms with Crippen LogP contribution in [0.3, 0.4) is 0 Å². The van der Waals surface area contributed by atoms with Crippen molar-refractivity contribution in [3.63, 3.8) is 0 Å². The third-order valence-corrected chi connectivity index (χ3v) is 6.17. The molecule has 0 aromatic heterocycles. The first-order chi connectivity index (χ1) is 9.91. The molecule has 5 nitrogen and oxygen atoms in total. The molecule has 2 aliphatic rings. The van der Waals surface area contributed by atoms with E-state index in [0.717, 1.165) is 25.7 Å². The fourth-order valence-electron chi connectivity index (χ4n) is 3.61. The predicted octanol–water partition coefficient (Wildman–Crippen LogP) is 1.98. The van der Waals surface area contributed by atoms with Crippen molar-refractivity contribution in [3.8, 4) is 0 Å². The van der Waals surface area contributed by atoms with Gasteiger partial charge in [0, 0.05) is 19.6 Å². The summed E-state index contributed by atoms with van der Waals surface area (Å²) in [6.07, 6.45) is 10.6. The van der Waals surface area contributed by atoms with Crippen molar-refractivity contribution in [2.75, 3.05) is 19.8 Å². The van der Waals surface area contributed by atoms with E-state index in [2.05, 4.69) is 0 Å². The van der Waals surface area contributed by atoms with Crippen LogP contribution in [0.1, 0.15) is 57.8 Å². The summed E-state index contributed by atoms with van der Waals surface area (Å²) >= 11 is 0. The standard InChI is InChI=1S/C15H28N2O3S/c1-16(13-9-5-3-4-6-10-13)15(18)14-11-7-8-12-17(14)21(2,19)20/h13-14H,3-12H2,1-2H3/t14-/m0/s1. The first-order valence-corrected chi connectivity index (χ1v) is 9.99. The molecule has 6 heteroatoms. The van der Waals surface area contributed by atoms with Crippen molar-refractivity contribution >= 4 is 15.9 Å². The normalized spacial score (nSPS) is 26.3. The van der Waals surface area contributed by atoms with Crippen LogP contribution in [0.15, 0.2) is 0 Å². The Balaban J connectivity index is 2.08. The molecule has 1 aliphatic heterocycles. The van der Waals surface area contributed by atoms with Crippen LogP contribution in [0.25, 0.3) is 0 Å². The van der Waals surface area contributed by atoms with Crippen molar-refractivity contribution in [2.45, 2.75) is 69.9 Å². The molecule has 1 aliphatic carbocycles. The van der Waals surface area contributed by atoms with E-state index in [0.29, 0.717) is 13.0 Å². The molecule has 1 amide bonds. The Bertz CT molecular complexity index is 456. The van der Waals surface area contributed by atoms with Crippen LogP contribution in [-0.2, 0) is 14.8 Å². The zero-order valence-corrected chi connectivity index (χ0v) is 14.1.